The van der Waals surface area contributed by atoms with Crippen molar-refractivity contribution in [2.24, 2.45) is 0 Å². The van der Waals surface area contributed by atoms with Crippen molar-refractivity contribution in [1.82, 2.24) is 5.32 Å². The number of nitrogens with one attached hydrogen (secondary N) is 2. The Balaban J connectivity index is 1.63. The second-order valence-corrected chi connectivity index (χ2v) is 8.77. The van der Waals surface area contributed by atoms with Gasteiger partial charge in [-0.25, -0.2) is 8.42 Å². The zero-order valence-corrected chi connectivity index (χ0v) is 18.0. The molecule has 0 bridgehead atoms. The van der Waals surface area contributed by atoms with Gasteiger partial charge in [0.1, 0.15) is 5.75 Å². The Kier molecular flexibility index (Phi) is 6.56. The van der Waals surface area contributed by atoms with Gasteiger partial charge in [-0.1, -0.05) is 28.1 Å². The molecule has 0 saturated carbocycles. The molecule has 0 unspecified atom stereocenters. The number of sulfonamides is 1. The van der Waals surface area contributed by atoms with E-state index in [2.05, 4.69) is 26.0 Å². The summed E-state index contributed by atoms with van der Waals surface area (Å²) in [5, 5.41) is 2.83. The Hall–Kier alpha value is -2.84. The van der Waals surface area contributed by atoms with Crippen molar-refractivity contribution < 1.29 is 17.9 Å². The predicted octanol–water partition coefficient (Wildman–Crippen LogP) is 4.19. The van der Waals surface area contributed by atoms with Gasteiger partial charge in [-0.2, -0.15) is 0 Å². The summed E-state index contributed by atoms with van der Waals surface area (Å²) in [7, 11) is -2.11. The molecule has 0 aliphatic heterocycles. The van der Waals surface area contributed by atoms with E-state index < -0.39 is 10.0 Å². The van der Waals surface area contributed by atoms with Gasteiger partial charge in [-0.15, -0.1) is 0 Å². The fourth-order valence-corrected chi connectivity index (χ4v) is 3.91. The van der Waals surface area contributed by atoms with Crippen LogP contribution in [0.3, 0.4) is 0 Å². The fourth-order valence-electron chi connectivity index (χ4n) is 2.58. The van der Waals surface area contributed by atoms with E-state index in [1.165, 1.54) is 12.1 Å². The maximum Gasteiger partial charge on any atom is 0.261 e. The number of anilines is 1. The van der Waals surface area contributed by atoms with E-state index in [-0.39, 0.29) is 10.8 Å². The number of ether oxygens (including phenoxy) is 1. The highest BCUT2D eigenvalue weighted by Crippen LogP contribution is 2.19. The first-order valence-corrected chi connectivity index (χ1v) is 10.9. The van der Waals surface area contributed by atoms with Crippen LogP contribution in [0.2, 0.25) is 0 Å². The summed E-state index contributed by atoms with van der Waals surface area (Å²) in [4.78, 5) is 12.5. The first kappa shape index (κ1) is 20.9. The number of methoxy groups -OCH3 is 1. The molecule has 0 spiro atoms. The number of benzene rings is 3. The van der Waals surface area contributed by atoms with Crippen molar-refractivity contribution in [2.45, 2.75) is 11.4 Å². The van der Waals surface area contributed by atoms with Crippen molar-refractivity contribution in [3.63, 3.8) is 0 Å². The summed E-state index contributed by atoms with van der Waals surface area (Å²) in [5.74, 6) is 0.467. The zero-order valence-electron chi connectivity index (χ0n) is 15.6. The predicted molar refractivity (Wildman–Crippen MR) is 116 cm³/mol. The molecule has 29 heavy (non-hydrogen) atoms. The lowest BCUT2D eigenvalue weighted by Gasteiger charge is -2.10. The van der Waals surface area contributed by atoms with Gasteiger partial charge >= 0.3 is 0 Å². The normalized spacial score (nSPS) is 11.0. The Bertz CT molecular complexity index is 1100. The summed E-state index contributed by atoms with van der Waals surface area (Å²) in [6, 6.07) is 20.0. The number of rotatable bonds is 7. The van der Waals surface area contributed by atoms with Gasteiger partial charge in [0.25, 0.3) is 15.9 Å². The van der Waals surface area contributed by atoms with Crippen LogP contribution in [0.15, 0.2) is 82.2 Å². The summed E-state index contributed by atoms with van der Waals surface area (Å²) in [5.41, 5.74) is 1.72. The summed E-state index contributed by atoms with van der Waals surface area (Å²) in [6.45, 7) is 0.355. The molecular weight excluding hydrogens is 456 g/mol. The minimum absolute atomic E-state index is 0.154. The van der Waals surface area contributed by atoms with E-state index in [1.807, 2.05) is 24.3 Å². The Labute approximate surface area is 178 Å². The van der Waals surface area contributed by atoms with Gasteiger partial charge in [-0.05, 0) is 66.2 Å². The number of carbonyl (C=O) groups excluding carboxylic acids is 1. The van der Waals surface area contributed by atoms with Crippen LogP contribution < -0.4 is 14.8 Å². The number of hydrogen-bond donors (Lipinski definition) is 2. The summed E-state index contributed by atoms with van der Waals surface area (Å²) >= 11 is 3.28. The van der Waals surface area contributed by atoms with Crippen LogP contribution in [0.5, 0.6) is 5.75 Å². The average molecular weight is 475 g/mol. The topological polar surface area (TPSA) is 84.5 Å². The first-order valence-electron chi connectivity index (χ1n) is 8.67. The van der Waals surface area contributed by atoms with Crippen LogP contribution >= 0.6 is 15.9 Å². The van der Waals surface area contributed by atoms with Crippen LogP contribution in [0, 0.1) is 0 Å². The quantitative estimate of drug-likeness (QED) is 0.537. The SMILES string of the molecule is COc1cccc(CNC(=O)c2ccc(NS(=O)(=O)c3ccc(Br)cc3)cc2)c1. The lowest BCUT2D eigenvalue weighted by Crippen LogP contribution is -2.22. The maximum atomic E-state index is 12.4. The molecule has 0 aromatic heterocycles. The van der Waals surface area contributed by atoms with E-state index in [1.54, 1.807) is 43.5 Å². The lowest BCUT2D eigenvalue weighted by atomic mass is 10.1. The lowest BCUT2D eigenvalue weighted by molar-refractivity contribution is 0.0951. The second kappa shape index (κ2) is 9.11. The summed E-state index contributed by atoms with van der Waals surface area (Å²) < 4.78 is 33.3. The van der Waals surface area contributed by atoms with E-state index in [4.69, 9.17) is 4.74 Å². The molecule has 0 fully saturated rings. The third-order valence-electron chi connectivity index (χ3n) is 4.11. The van der Waals surface area contributed by atoms with Crippen LogP contribution in [0.1, 0.15) is 15.9 Å². The third-order valence-corrected chi connectivity index (χ3v) is 6.04. The van der Waals surface area contributed by atoms with Gasteiger partial charge < -0.3 is 10.1 Å². The molecule has 1 amide bonds. The molecule has 3 aromatic carbocycles. The Morgan fingerprint density at radius 2 is 1.69 bits per heavy atom. The van der Waals surface area contributed by atoms with Crippen LogP contribution in [-0.4, -0.2) is 21.4 Å². The molecule has 0 radical (unpaired) electrons. The van der Waals surface area contributed by atoms with Gasteiger partial charge in [0.2, 0.25) is 0 Å². The molecule has 6 nitrogen and oxygen atoms in total. The van der Waals surface area contributed by atoms with Gasteiger partial charge in [0.05, 0.1) is 12.0 Å². The van der Waals surface area contributed by atoms with Crippen molar-refractivity contribution in [1.29, 1.82) is 0 Å². The molecule has 0 heterocycles. The maximum absolute atomic E-state index is 12.4. The van der Waals surface area contributed by atoms with Crippen molar-refractivity contribution >= 4 is 37.5 Å². The largest absolute Gasteiger partial charge is 0.497 e. The minimum Gasteiger partial charge on any atom is -0.497 e. The summed E-state index contributed by atoms with van der Waals surface area (Å²) in [6.07, 6.45) is 0. The van der Waals surface area contributed by atoms with E-state index in [9.17, 15) is 13.2 Å². The molecule has 0 aliphatic carbocycles. The number of halogens is 1. The highest BCUT2D eigenvalue weighted by atomic mass is 79.9. The van der Waals surface area contributed by atoms with Crippen LogP contribution in [0.25, 0.3) is 0 Å². The Morgan fingerprint density at radius 3 is 2.34 bits per heavy atom. The molecule has 0 saturated heterocycles. The second-order valence-electron chi connectivity index (χ2n) is 6.17. The Morgan fingerprint density at radius 1 is 1.00 bits per heavy atom. The van der Waals surface area contributed by atoms with E-state index in [0.29, 0.717) is 17.8 Å². The van der Waals surface area contributed by atoms with Gasteiger partial charge in [-0.3, -0.25) is 9.52 Å². The molecule has 3 rings (SSSR count). The fraction of sp³-hybridized carbons (Fsp3) is 0.0952. The van der Waals surface area contributed by atoms with Gasteiger partial charge in [0, 0.05) is 22.3 Å². The molecule has 3 aromatic rings. The molecule has 0 atom stereocenters. The third kappa shape index (κ3) is 5.58. The van der Waals surface area contributed by atoms with Crippen LogP contribution in [-0.2, 0) is 16.6 Å². The molecule has 0 aliphatic rings. The number of hydrogen-bond acceptors (Lipinski definition) is 4. The standard InChI is InChI=1S/C21H19BrN2O4S/c1-28-19-4-2-3-15(13-19)14-23-21(25)16-5-9-18(10-6-16)24-29(26,27)20-11-7-17(22)8-12-20/h2-13,24H,14H2,1H3,(H,23,25). The van der Waals surface area contributed by atoms with Gasteiger partial charge in [0.15, 0.2) is 0 Å². The van der Waals surface area contributed by atoms with Crippen molar-refractivity contribution in [3.8, 4) is 5.75 Å². The highest BCUT2D eigenvalue weighted by Gasteiger charge is 2.14. The highest BCUT2D eigenvalue weighted by molar-refractivity contribution is 9.10. The smallest absolute Gasteiger partial charge is 0.261 e. The van der Waals surface area contributed by atoms with Crippen molar-refractivity contribution in [3.05, 3.63) is 88.4 Å². The average Bonchev–Trinajstić information content (AvgIpc) is 2.73. The zero-order chi connectivity index (χ0) is 20.9. The molecule has 150 valence electrons. The molecular formula is C21H19BrN2O4S. The van der Waals surface area contributed by atoms with E-state index in [0.717, 1.165) is 15.8 Å². The number of carbonyl (C=O) groups is 1. The molecule has 2 N–H and O–H groups in total. The monoisotopic (exact) mass is 474 g/mol. The van der Waals surface area contributed by atoms with E-state index >= 15 is 0 Å². The minimum atomic E-state index is -3.70. The first-order chi connectivity index (χ1) is 13.9. The molecule has 8 heteroatoms. The van der Waals surface area contributed by atoms with Crippen molar-refractivity contribution in [2.75, 3.05) is 11.8 Å². The van der Waals surface area contributed by atoms with Crippen LogP contribution in [0.4, 0.5) is 5.69 Å². The number of amides is 1.